The molecular weight excluding hydrogens is 520 g/mol. The highest BCUT2D eigenvalue weighted by molar-refractivity contribution is 6.27. The minimum Gasteiger partial charge on any atom is -0.307 e. The van der Waals surface area contributed by atoms with Gasteiger partial charge in [-0.3, -0.25) is 0 Å². The molecule has 0 aliphatic rings. The van der Waals surface area contributed by atoms with Gasteiger partial charge in [0.15, 0.2) is 6.20 Å². The van der Waals surface area contributed by atoms with E-state index in [1.807, 2.05) is 0 Å². The number of fused-ring (bicyclic) bond motifs is 5. The summed E-state index contributed by atoms with van der Waals surface area (Å²) in [4.78, 5) is 0. The van der Waals surface area contributed by atoms with Crippen LogP contribution in [0.15, 0.2) is 54.7 Å². The van der Waals surface area contributed by atoms with Crippen LogP contribution in [0, 0.1) is 27.7 Å². The monoisotopic (exact) mass is 565 g/mol. The maximum absolute atomic E-state index is 2.60. The zero-order chi connectivity index (χ0) is 30.6. The molecule has 0 atom stereocenters. The van der Waals surface area contributed by atoms with Crippen molar-refractivity contribution >= 4 is 49.0 Å². The van der Waals surface area contributed by atoms with Crippen molar-refractivity contribution in [2.24, 2.45) is 7.05 Å². The van der Waals surface area contributed by atoms with Crippen LogP contribution in [0.1, 0.15) is 98.2 Å². The lowest BCUT2D eigenvalue weighted by Crippen LogP contribution is -2.29. The molecule has 43 heavy (non-hydrogen) atoms. The Hall–Kier alpha value is -3.91. The van der Waals surface area contributed by atoms with Crippen molar-refractivity contribution in [3.8, 4) is 11.1 Å². The molecule has 0 amide bonds. The molecule has 2 nitrogen and oxygen atoms in total. The average Bonchev–Trinajstić information content (AvgIpc) is 3.29. The first-order chi connectivity index (χ1) is 20.4. The van der Waals surface area contributed by atoms with Crippen LogP contribution in [-0.2, 0) is 7.05 Å². The van der Waals surface area contributed by atoms with Gasteiger partial charge in [-0.05, 0) is 125 Å². The van der Waals surface area contributed by atoms with E-state index in [1.54, 1.807) is 0 Å². The van der Waals surface area contributed by atoms with Crippen molar-refractivity contribution in [2.45, 2.75) is 87.0 Å². The van der Waals surface area contributed by atoms with E-state index in [9.17, 15) is 0 Å². The zero-order valence-corrected chi connectivity index (χ0v) is 27.8. The number of benzene rings is 4. The highest BCUT2D eigenvalue weighted by atomic mass is 15.0. The van der Waals surface area contributed by atoms with Crippen LogP contribution in [0.4, 0.5) is 0 Å². The van der Waals surface area contributed by atoms with Gasteiger partial charge in [0.1, 0.15) is 7.05 Å². The molecule has 2 heteroatoms. The van der Waals surface area contributed by atoms with Gasteiger partial charge >= 0.3 is 0 Å². The van der Waals surface area contributed by atoms with E-state index in [-0.39, 0.29) is 0 Å². The second-order valence-electron chi connectivity index (χ2n) is 14.1. The zero-order valence-electron chi connectivity index (χ0n) is 27.8. The molecular formula is C41H45N2+. The van der Waals surface area contributed by atoms with Crippen LogP contribution in [0.25, 0.3) is 60.1 Å². The normalized spacial score (nSPS) is 12.7. The van der Waals surface area contributed by atoms with Gasteiger partial charge in [-0.15, -0.1) is 0 Å². The molecule has 0 saturated heterocycles. The Morgan fingerprint density at radius 3 is 1.91 bits per heavy atom. The summed E-state index contributed by atoms with van der Waals surface area (Å²) in [5.41, 5.74) is 17.9. The number of hydrogen-bond donors (Lipinski definition) is 0. The van der Waals surface area contributed by atoms with E-state index in [1.165, 1.54) is 99.1 Å². The van der Waals surface area contributed by atoms with Crippen LogP contribution in [0.3, 0.4) is 0 Å². The SMILES string of the molecule is Cc1ccc2c(c1C)c1cc(C)c(C)c3c1n2c1cc(-c2c(C(C)C)cc(C(C)C)cc2C(C)C)cc2cc[n+](C)c3c21. The van der Waals surface area contributed by atoms with Crippen molar-refractivity contribution in [2.75, 3.05) is 0 Å². The van der Waals surface area contributed by atoms with Crippen molar-refractivity contribution in [1.82, 2.24) is 4.40 Å². The molecule has 0 aliphatic heterocycles. The molecule has 0 radical (unpaired) electrons. The number of hydrogen-bond acceptors (Lipinski definition) is 0. The number of nitrogens with zero attached hydrogens (tertiary/aromatic N) is 2. The Kier molecular flexibility index (Phi) is 6.19. The quantitative estimate of drug-likeness (QED) is 0.114. The van der Waals surface area contributed by atoms with Crippen molar-refractivity contribution < 1.29 is 4.57 Å². The van der Waals surface area contributed by atoms with Gasteiger partial charge in [-0.2, -0.15) is 0 Å². The van der Waals surface area contributed by atoms with E-state index < -0.39 is 0 Å². The summed E-state index contributed by atoms with van der Waals surface area (Å²) in [6.07, 6.45) is 2.27. The average molecular weight is 566 g/mol. The molecule has 0 spiro atoms. The molecule has 0 bridgehead atoms. The van der Waals surface area contributed by atoms with Crippen molar-refractivity contribution in [3.63, 3.8) is 0 Å². The Morgan fingerprint density at radius 1 is 0.628 bits per heavy atom. The molecule has 7 rings (SSSR count). The van der Waals surface area contributed by atoms with Crippen LogP contribution in [0.5, 0.6) is 0 Å². The topological polar surface area (TPSA) is 8.29 Å². The fraction of sp³-hybridized carbons (Fsp3) is 0.341. The Balaban J connectivity index is 1.77. The van der Waals surface area contributed by atoms with Gasteiger partial charge in [0.05, 0.1) is 27.3 Å². The summed E-state index contributed by atoms with van der Waals surface area (Å²) in [6.45, 7) is 23.2. The van der Waals surface area contributed by atoms with E-state index in [0.717, 1.165) is 0 Å². The molecule has 0 saturated carbocycles. The van der Waals surface area contributed by atoms with Gasteiger partial charge in [-0.1, -0.05) is 59.7 Å². The fourth-order valence-electron chi connectivity index (χ4n) is 7.71. The third-order valence-corrected chi connectivity index (χ3v) is 10.4. The van der Waals surface area contributed by atoms with Gasteiger partial charge < -0.3 is 4.40 Å². The Morgan fingerprint density at radius 2 is 1.28 bits per heavy atom. The highest BCUT2D eigenvalue weighted by Gasteiger charge is 2.27. The summed E-state index contributed by atoms with van der Waals surface area (Å²) in [6, 6.07) is 19.4. The van der Waals surface area contributed by atoms with E-state index >= 15 is 0 Å². The first-order valence-electron chi connectivity index (χ1n) is 16.1. The molecule has 218 valence electrons. The molecule has 0 fully saturated rings. The molecule has 7 aromatic rings. The Bertz CT molecular complexity index is 2230. The maximum Gasteiger partial charge on any atom is 0.224 e. The number of pyridine rings is 2. The van der Waals surface area contributed by atoms with Crippen LogP contribution in [-0.4, -0.2) is 4.40 Å². The number of aryl methyl sites for hydroxylation is 5. The third kappa shape index (κ3) is 3.81. The Labute approximate surface area is 256 Å². The predicted octanol–water partition coefficient (Wildman–Crippen LogP) is 11.1. The lowest BCUT2D eigenvalue weighted by Gasteiger charge is -2.24. The lowest BCUT2D eigenvalue weighted by molar-refractivity contribution is -0.643. The molecule has 3 aromatic heterocycles. The molecule has 4 aromatic carbocycles. The molecule has 0 aliphatic carbocycles. The molecule has 3 heterocycles. The maximum atomic E-state index is 2.60. The van der Waals surface area contributed by atoms with E-state index in [4.69, 9.17) is 0 Å². The minimum atomic E-state index is 0.429. The first kappa shape index (κ1) is 27.9. The van der Waals surface area contributed by atoms with Crippen molar-refractivity contribution in [1.29, 1.82) is 0 Å². The highest BCUT2D eigenvalue weighted by Crippen LogP contribution is 2.46. The summed E-state index contributed by atoms with van der Waals surface area (Å²) in [5.74, 6) is 1.36. The summed E-state index contributed by atoms with van der Waals surface area (Å²) in [5, 5.41) is 6.80. The van der Waals surface area contributed by atoms with Crippen LogP contribution < -0.4 is 4.57 Å². The fourth-order valence-corrected chi connectivity index (χ4v) is 7.71. The van der Waals surface area contributed by atoms with Crippen molar-refractivity contribution in [3.05, 3.63) is 93.7 Å². The largest absolute Gasteiger partial charge is 0.307 e. The van der Waals surface area contributed by atoms with E-state index in [0.29, 0.717) is 17.8 Å². The standard InChI is InChI=1S/C41H45N2/c1-21(2)29-18-31(22(3)4)38(32(19-29)23(5)6)30-17-28-14-15-42(11)41-37-27(10)25(8)16-33-36-26(9)24(7)12-13-34(36)43(40(33)37)35(20-30)39(28)41/h12-23H,1-11H3/q+1. The van der Waals surface area contributed by atoms with Gasteiger partial charge in [0.2, 0.25) is 5.52 Å². The smallest absolute Gasteiger partial charge is 0.224 e. The predicted molar refractivity (Wildman–Crippen MR) is 186 cm³/mol. The van der Waals surface area contributed by atoms with Gasteiger partial charge in [0, 0.05) is 16.8 Å². The lowest BCUT2D eigenvalue weighted by atomic mass is 9.81. The third-order valence-electron chi connectivity index (χ3n) is 10.4. The second kappa shape index (κ2) is 9.55. The van der Waals surface area contributed by atoms with Gasteiger partial charge in [0.25, 0.3) is 0 Å². The summed E-state index contributed by atoms with van der Waals surface area (Å²) < 4.78 is 4.95. The summed E-state index contributed by atoms with van der Waals surface area (Å²) in [7, 11) is 2.21. The minimum absolute atomic E-state index is 0.429. The van der Waals surface area contributed by atoms with E-state index in [2.05, 4.69) is 140 Å². The molecule has 0 N–H and O–H groups in total. The second-order valence-corrected chi connectivity index (χ2v) is 14.1. The summed E-state index contributed by atoms with van der Waals surface area (Å²) >= 11 is 0. The number of aromatic nitrogens is 2. The molecule has 0 unspecified atom stereocenters. The number of rotatable bonds is 4. The van der Waals surface area contributed by atoms with Crippen LogP contribution >= 0.6 is 0 Å². The van der Waals surface area contributed by atoms with Crippen LogP contribution in [0.2, 0.25) is 0 Å². The first-order valence-corrected chi connectivity index (χ1v) is 16.1. The van der Waals surface area contributed by atoms with Gasteiger partial charge in [-0.25, -0.2) is 4.57 Å².